The highest BCUT2D eigenvalue weighted by molar-refractivity contribution is 7.17. The van der Waals surface area contributed by atoms with Crippen LogP contribution in [-0.2, 0) is 0 Å². The van der Waals surface area contributed by atoms with Gasteiger partial charge < -0.3 is 14.8 Å². The van der Waals surface area contributed by atoms with Gasteiger partial charge in [0.1, 0.15) is 9.88 Å². The monoisotopic (exact) mass is 376 g/mol. The Kier molecular flexibility index (Phi) is 7.45. The van der Waals surface area contributed by atoms with Gasteiger partial charge in [-0.1, -0.05) is 26.2 Å². The molecule has 26 heavy (non-hydrogen) atoms. The highest BCUT2D eigenvalue weighted by Crippen LogP contribution is 2.35. The summed E-state index contributed by atoms with van der Waals surface area (Å²) < 4.78 is 10.6. The van der Waals surface area contributed by atoms with Gasteiger partial charge in [-0.2, -0.15) is 0 Å². The molecule has 0 bridgehead atoms. The van der Waals surface area contributed by atoms with E-state index in [0.717, 1.165) is 29.1 Å². The third-order valence-corrected chi connectivity index (χ3v) is 5.46. The maximum Gasteiger partial charge on any atom is 0.263 e. The number of aryl methyl sites for hydroxylation is 1. The average Bonchev–Trinajstić information content (AvgIpc) is 3.03. The normalized spacial score (nSPS) is 11.9. The summed E-state index contributed by atoms with van der Waals surface area (Å²) in [5.41, 5.74) is 1.66. The van der Waals surface area contributed by atoms with Crippen LogP contribution in [0.2, 0.25) is 0 Å². The molecule has 0 saturated heterocycles. The third kappa shape index (κ3) is 4.97. The number of nitrogens with zero attached hydrogens (tertiary/aromatic N) is 1. The number of unbranched alkanes of at least 4 members (excludes halogenated alkanes) is 2. The first-order valence-electron chi connectivity index (χ1n) is 9.00. The molecule has 0 saturated carbocycles. The van der Waals surface area contributed by atoms with E-state index in [1.165, 1.54) is 24.2 Å². The second kappa shape index (κ2) is 9.57. The number of carbonyl (C=O) groups is 1. The lowest BCUT2D eigenvalue weighted by molar-refractivity contribution is 0.0941. The molecule has 2 rings (SSSR count). The van der Waals surface area contributed by atoms with Crippen LogP contribution in [0.5, 0.6) is 11.5 Å². The zero-order valence-corrected chi connectivity index (χ0v) is 17.0. The minimum absolute atomic E-state index is 0.0456. The summed E-state index contributed by atoms with van der Waals surface area (Å²) in [6.07, 6.45) is 4.52. The minimum atomic E-state index is -0.0456. The molecule has 0 aliphatic carbocycles. The Bertz CT molecular complexity index is 743. The van der Waals surface area contributed by atoms with Crippen LogP contribution < -0.4 is 14.8 Å². The summed E-state index contributed by atoms with van der Waals surface area (Å²) in [5.74, 6) is 1.27. The van der Waals surface area contributed by atoms with Gasteiger partial charge in [0.05, 0.1) is 19.9 Å². The molecule has 142 valence electrons. The van der Waals surface area contributed by atoms with E-state index in [1.807, 2.05) is 25.1 Å². The molecule has 1 heterocycles. The van der Waals surface area contributed by atoms with Crippen LogP contribution in [0.4, 0.5) is 0 Å². The second-order valence-corrected chi connectivity index (χ2v) is 7.37. The van der Waals surface area contributed by atoms with Gasteiger partial charge >= 0.3 is 0 Å². The zero-order chi connectivity index (χ0) is 19.1. The average molecular weight is 377 g/mol. The fourth-order valence-corrected chi connectivity index (χ4v) is 3.73. The van der Waals surface area contributed by atoms with E-state index in [0.29, 0.717) is 16.4 Å². The van der Waals surface area contributed by atoms with Crippen molar-refractivity contribution < 1.29 is 14.3 Å². The molecular formula is C20H28N2O3S. The van der Waals surface area contributed by atoms with Gasteiger partial charge in [0.2, 0.25) is 0 Å². The molecular weight excluding hydrogens is 348 g/mol. The molecule has 0 fully saturated rings. The lowest BCUT2D eigenvalue weighted by Gasteiger charge is -2.12. The van der Waals surface area contributed by atoms with Crippen molar-refractivity contribution in [2.45, 2.75) is 52.5 Å². The van der Waals surface area contributed by atoms with Crippen molar-refractivity contribution >= 4 is 17.2 Å². The van der Waals surface area contributed by atoms with E-state index in [-0.39, 0.29) is 11.9 Å². The van der Waals surface area contributed by atoms with E-state index in [4.69, 9.17) is 9.47 Å². The van der Waals surface area contributed by atoms with Crippen LogP contribution >= 0.6 is 11.3 Å². The van der Waals surface area contributed by atoms with Crippen LogP contribution in [0.15, 0.2) is 18.2 Å². The van der Waals surface area contributed by atoms with Crippen molar-refractivity contribution in [3.63, 3.8) is 0 Å². The third-order valence-electron chi connectivity index (χ3n) is 4.25. The summed E-state index contributed by atoms with van der Waals surface area (Å²) in [6, 6.07) is 5.82. The van der Waals surface area contributed by atoms with Gasteiger partial charge in [-0.25, -0.2) is 4.98 Å². The Hall–Kier alpha value is -2.08. The number of hydrogen-bond acceptors (Lipinski definition) is 5. The molecule has 2 aromatic rings. The Balaban J connectivity index is 2.14. The SMILES string of the molecule is CCCCCC(C)NC(=O)c1sc(-c2ccc(OC)c(OC)c2)nc1C. The predicted molar refractivity (Wildman–Crippen MR) is 106 cm³/mol. The molecule has 1 aromatic heterocycles. The van der Waals surface area contributed by atoms with Crippen LogP contribution in [0.25, 0.3) is 10.6 Å². The summed E-state index contributed by atoms with van der Waals surface area (Å²) >= 11 is 1.40. The van der Waals surface area contributed by atoms with Crippen LogP contribution in [-0.4, -0.2) is 31.2 Å². The van der Waals surface area contributed by atoms with Crippen molar-refractivity contribution in [3.8, 4) is 22.1 Å². The zero-order valence-electron chi connectivity index (χ0n) is 16.2. The van der Waals surface area contributed by atoms with Gasteiger partial charge in [0.25, 0.3) is 5.91 Å². The maximum atomic E-state index is 12.6. The predicted octanol–water partition coefficient (Wildman–Crippen LogP) is 4.83. The van der Waals surface area contributed by atoms with Gasteiger partial charge in [0.15, 0.2) is 11.5 Å². The number of nitrogens with one attached hydrogen (secondary N) is 1. The highest BCUT2D eigenvalue weighted by atomic mass is 32.1. The molecule has 5 nitrogen and oxygen atoms in total. The van der Waals surface area contributed by atoms with E-state index < -0.39 is 0 Å². The molecule has 0 spiro atoms. The van der Waals surface area contributed by atoms with E-state index in [9.17, 15) is 4.79 Å². The van der Waals surface area contributed by atoms with Gasteiger partial charge in [-0.3, -0.25) is 4.79 Å². The standard InChI is InChI=1S/C20H28N2O3S/c1-6-7-8-9-13(2)21-19(23)18-14(3)22-20(26-18)15-10-11-16(24-4)17(12-15)25-5/h10-13H,6-9H2,1-5H3,(H,21,23). The summed E-state index contributed by atoms with van der Waals surface area (Å²) in [5, 5.41) is 3.89. The van der Waals surface area contributed by atoms with E-state index in [1.54, 1.807) is 14.2 Å². The van der Waals surface area contributed by atoms with Gasteiger partial charge in [0, 0.05) is 11.6 Å². The number of carbonyl (C=O) groups excluding carboxylic acids is 1. The number of amides is 1. The number of hydrogen-bond donors (Lipinski definition) is 1. The molecule has 1 unspecified atom stereocenters. The van der Waals surface area contributed by atoms with Crippen molar-refractivity contribution in [1.82, 2.24) is 10.3 Å². The maximum absolute atomic E-state index is 12.6. The van der Waals surface area contributed by atoms with Crippen molar-refractivity contribution in [1.29, 1.82) is 0 Å². The van der Waals surface area contributed by atoms with Gasteiger partial charge in [-0.15, -0.1) is 11.3 Å². The summed E-state index contributed by atoms with van der Waals surface area (Å²) in [7, 11) is 3.21. The Morgan fingerprint density at radius 2 is 1.96 bits per heavy atom. The molecule has 0 aliphatic heterocycles. The molecule has 6 heteroatoms. The largest absolute Gasteiger partial charge is 0.493 e. The molecule has 1 atom stereocenters. The smallest absolute Gasteiger partial charge is 0.263 e. The minimum Gasteiger partial charge on any atom is -0.493 e. The van der Waals surface area contributed by atoms with E-state index in [2.05, 4.69) is 24.1 Å². The van der Waals surface area contributed by atoms with Gasteiger partial charge in [-0.05, 0) is 38.5 Å². The number of rotatable bonds is 9. The molecule has 1 amide bonds. The molecule has 1 aromatic carbocycles. The Labute approximate surface area is 159 Å². The highest BCUT2D eigenvalue weighted by Gasteiger charge is 2.18. The first-order valence-corrected chi connectivity index (χ1v) is 9.82. The topological polar surface area (TPSA) is 60.5 Å². The number of aromatic nitrogens is 1. The fraction of sp³-hybridized carbons (Fsp3) is 0.500. The van der Waals surface area contributed by atoms with Crippen LogP contribution in [0.1, 0.15) is 54.9 Å². The Morgan fingerprint density at radius 3 is 2.62 bits per heavy atom. The van der Waals surface area contributed by atoms with Crippen LogP contribution in [0, 0.1) is 6.92 Å². The second-order valence-electron chi connectivity index (χ2n) is 6.37. The number of ether oxygens (including phenoxy) is 2. The number of methoxy groups -OCH3 is 2. The van der Waals surface area contributed by atoms with E-state index >= 15 is 0 Å². The molecule has 1 N–H and O–H groups in total. The fourth-order valence-electron chi connectivity index (χ4n) is 2.76. The first-order chi connectivity index (χ1) is 12.5. The number of benzene rings is 1. The molecule has 0 radical (unpaired) electrons. The number of thiazole rings is 1. The quantitative estimate of drug-likeness (QED) is 0.637. The lowest BCUT2D eigenvalue weighted by atomic mass is 10.1. The summed E-state index contributed by atoms with van der Waals surface area (Å²) in [4.78, 5) is 17.8. The first kappa shape index (κ1) is 20.2. The van der Waals surface area contributed by atoms with Crippen molar-refractivity contribution in [2.24, 2.45) is 0 Å². The Morgan fingerprint density at radius 1 is 1.23 bits per heavy atom. The summed E-state index contributed by atoms with van der Waals surface area (Å²) in [6.45, 7) is 6.11. The van der Waals surface area contributed by atoms with Crippen molar-refractivity contribution in [3.05, 3.63) is 28.8 Å². The van der Waals surface area contributed by atoms with Crippen molar-refractivity contribution in [2.75, 3.05) is 14.2 Å². The molecule has 0 aliphatic rings. The lowest BCUT2D eigenvalue weighted by Crippen LogP contribution is -2.32. The van der Waals surface area contributed by atoms with Crippen LogP contribution in [0.3, 0.4) is 0 Å².